The highest BCUT2D eigenvalue weighted by Crippen LogP contribution is 2.07. The van der Waals surface area contributed by atoms with Crippen molar-refractivity contribution in [2.75, 3.05) is 0 Å². The van der Waals surface area contributed by atoms with Gasteiger partial charge in [0.2, 0.25) is 0 Å². The predicted octanol–water partition coefficient (Wildman–Crippen LogP) is 0.989. The van der Waals surface area contributed by atoms with Crippen LogP contribution in [0.4, 0.5) is 0 Å². The predicted molar refractivity (Wildman–Crippen MR) is 77.4 cm³/mol. The number of ether oxygens (including phenoxy) is 1. The molecule has 0 aliphatic rings. The quantitative estimate of drug-likeness (QED) is 0.351. The van der Waals surface area contributed by atoms with Crippen molar-refractivity contribution in [1.29, 1.82) is 0 Å². The van der Waals surface area contributed by atoms with Gasteiger partial charge in [0.25, 0.3) is 0 Å². The van der Waals surface area contributed by atoms with Crippen LogP contribution in [0.25, 0.3) is 0 Å². The summed E-state index contributed by atoms with van der Waals surface area (Å²) in [6.07, 6.45) is 1.09. The summed E-state index contributed by atoms with van der Waals surface area (Å²) in [5, 5.41) is 14.8. The molecule has 0 aliphatic carbocycles. The van der Waals surface area contributed by atoms with E-state index in [-0.39, 0.29) is 12.1 Å². The molecule has 0 saturated carbocycles. The Morgan fingerprint density at radius 2 is 1.76 bits per heavy atom. The van der Waals surface area contributed by atoms with Gasteiger partial charge in [-0.3, -0.25) is 11.3 Å². The zero-order valence-electron chi connectivity index (χ0n) is 12.2. The van der Waals surface area contributed by atoms with Crippen LogP contribution in [0.2, 0.25) is 0 Å². The Labute approximate surface area is 123 Å². The molecule has 1 aromatic carbocycles. The van der Waals surface area contributed by atoms with E-state index in [0.717, 1.165) is 6.42 Å². The molecule has 0 heterocycles. The summed E-state index contributed by atoms with van der Waals surface area (Å²) in [6, 6.07) is 10.4. The lowest BCUT2D eigenvalue weighted by Crippen LogP contribution is -2.43. The van der Waals surface area contributed by atoms with E-state index in [1.54, 1.807) is 0 Å². The van der Waals surface area contributed by atoms with Crippen molar-refractivity contribution >= 4 is 11.9 Å². The molecule has 7 nitrogen and oxygen atoms in total. The Hall–Kier alpha value is -1.96. The molecular weight excluding hydrogens is 276 g/mol. The van der Waals surface area contributed by atoms with Crippen molar-refractivity contribution < 1.29 is 24.5 Å². The number of carboxylic acids is 2. The SMILES string of the molecule is CC[C@@H](NN)[C@H](C)OCc1ccccc1.O=C(O)C(=O)O. The van der Waals surface area contributed by atoms with Crippen LogP contribution in [0.1, 0.15) is 25.8 Å². The van der Waals surface area contributed by atoms with E-state index in [4.69, 9.17) is 30.4 Å². The van der Waals surface area contributed by atoms with E-state index in [1.807, 2.05) is 25.1 Å². The Kier molecular flexibility index (Phi) is 9.78. The topological polar surface area (TPSA) is 122 Å². The summed E-state index contributed by atoms with van der Waals surface area (Å²) < 4.78 is 5.73. The van der Waals surface area contributed by atoms with Gasteiger partial charge in [0.1, 0.15) is 0 Å². The van der Waals surface area contributed by atoms with Gasteiger partial charge in [-0.1, -0.05) is 37.3 Å². The van der Waals surface area contributed by atoms with E-state index in [0.29, 0.717) is 6.61 Å². The Morgan fingerprint density at radius 1 is 1.24 bits per heavy atom. The summed E-state index contributed by atoms with van der Waals surface area (Å²) in [5.41, 5.74) is 3.95. The van der Waals surface area contributed by atoms with Gasteiger partial charge in [-0.25, -0.2) is 9.59 Å². The fourth-order valence-corrected chi connectivity index (χ4v) is 1.50. The molecule has 0 fully saturated rings. The third kappa shape index (κ3) is 8.74. The van der Waals surface area contributed by atoms with Crippen molar-refractivity contribution in [2.24, 2.45) is 5.84 Å². The molecule has 118 valence electrons. The lowest BCUT2D eigenvalue weighted by Gasteiger charge is -2.22. The van der Waals surface area contributed by atoms with Crippen LogP contribution < -0.4 is 11.3 Å². The second-order valence-electron chi connectivity index (χ2n) is 4.29. The largest absolute Gasteiger partial charge is 0.473 e. The molecule has 0 spiro atoms. The molecule has 1 rings (SSSR count). The fraction of sp³-hybridized carbons (Fsp3) is 0.429. The molecule has 7 heteroatoms. The fourth-order valence-electron chi connectivity index (χ4n) is 1.50. The molecule has 1 aromatic rings. The van der Waals surface area contributed by atoms with Crippen molar-refractivity contribution in [2.45, 2.75) is 39.0 Å². The monoisotopic (exact) mass is 298 g/mol. The van der Waals surface area contributed by atoms with Crippen molar-refractivity contribution in [3.05, 3.63) is 35.9 Å². The first-order valence-electron chi connectivity index (χ1n) is 6.50. The molecule has 0 radical (unpaired) electrons. The number of carbonyl (C=O) groups is 2. The molecule has 0 unspecified atom stereocenters. The van der Waals surface area contributed by atoms with Gasteiger partial charge < -0.3 is 14.9 Å². The lowest BCUT2D eigenvalue weighted by atomic mass is 10.1. The third-order valence-electron chi connectivity index (χ3n) is 2.76. The Balaban J connectivity index is 0.000000567. The number of hydrazine groups is 1. The van der Waals surface area contributed by atoms with E-state index in [9.17, 15) is 0 Å². The number of nitrogens with two attached hydrogens (primary N) is 1. The highest BCUT2D eigenvalue weighted by Gasteiger charge is 2.13. The molecule has 2 atom stereocenters. The Morgan fingerprint density at radius 3 is 2.14 bits per heavy atom. The first kappa shape index (κ1) is 19.0. The van der Waals surface area contributed by atoms with Gasteiger partial charge in [0.15, 0.2) is 0 Å². The van der Waals surface area contributed by atoms with Crippen LogP contribution in [0.3, 0.4) is 0 Å². The number of nitrogens with one attached hydrogen (secondary N) is 1. The van der Waals surface area contributed by atoms with Gasteiger partial charge in [0, 0.05) is 6.04 Å². The average molecular weight is 298 g/mol. The number of rotatable bonds is 6. The number of hydrogen-bond acceptors (Lipinski definition) is 5. The molecule has 5 N–H and O–H groups in total. The zero-order valence-corrected chi connectivity index (χ0v) is 12.2. The maximum atomic E-state index is 9.10. The summed E-state index contributed by atoms with van der Waals surface area (Å²) in [6.45, 7) is 4.77. The number of aliphatic carboxylic acids is 2. The van der Waals surface area contributed by atoms with E-state index in [1.165, 1.54) is 5.56 Å². The molecule has 0 aromatic heterocycles. The van der Waals surface area contributed by atoms with Crippen molar-refractivity contribution in [3.63, 3.8) is 0 Å². The van der Waals surface area contributed by atoms with Gasteiger partial charge in [-0.05, 0) is 18.9 Å². The van der Waals surface area contributed by atoms with Crippen LogP contribution in [0.5, 0.6) is 0 Å². The van der Waals surface area contributed by atoms with Crippen molar-refractivity contribution in [3.8, 4) is 0 Å². The highest BCUT2D eigenvalue weighted by atomic mass is 16.5. The Bertz CT molecular complexity index is 409. The molecule has 0 aliphatic heterocycles. The average Bonchev–Trinajstić information content (AvgIpc) is 2.48. The minimum absolute atomic E-state index is 0.125. The smallest absolute Gasteiger partial charge is 0.414 e. The highest BCUT2D eigenvalue weighted by molar-refractivity contribution is 6.27. The normalized spacial score (nSPS) is 12.7. The van der Waals surface area contributed by atoms with Gasteiger partial charge >= 0.3 is 11.9 Å². The number of carboxylic acid groups (broad SMARTS) is 2. The first-order valence-corrected chi connectivity index (χ1v) is 6.50. The van der Waals surface area contributed by atoms with Crippen LogP contribution >= 0.6 is 0 Å². The minimum atomic E-state index is -1.82. The molecule has 0 bridgehead atoms. The van der Waals surface area contributed by atoms with Crippen LogP contribution in [0, 0.1) is 0 Å². The van der Waals surface area contributed by atoms with Gasteiger partial charge in [-0.15, -0.1) is 0 Å². The second kappa shape index (κ2) is 10.8. The summed E-state index contributed by atoms with van der Waals surface area (Å²) in [4.78, 5) is 18.2. The zero-order chi connectivity index (χ0) is 16.3. The number of hydrogen-bond donors (Lipinski definition) is 4. The van der Waals surface area contributed by atoms with Crippen LogP contribution in [-0.2, 0) is 20.9 Å². The summed E-state index contributed by atoms with van der Waals surface area (Å²) in [5.74, 6) is 1.78. The maximum absolute atomic E-state index is 9.10. The molecular formula is C14H22N2O5. The van der Waals surface area contributed by atoms with E-state index in [2.05, 4.69) is 24.5 Å². The summed E-state index contributed by atoms with van der Waals surface area (Å²) in [7, 11) is 0. The van der Waals surface area contributed by atoms with Crippen molar-refractivity contribution in [1.82, 2.24) is 5.43 Å². The lowest BCUT2D eigenvalue weighted by molar-refractivity contribution is -0.159. The van der Waals surface area contributed by atoms with E-state index >= 15 is 0 Å². The first-order chi connectivity index (χ1) is 9.92. The standard InChI is InChI=1S/C12H20N2O.C2H2O4/c1-3-12(14-13)10(2)15-9-11-7-5-4-6-8-11;3-1(4)2(5)6/h4-8,10,12,14H,3,9,13H2,1-2H3;(H,3,4)(H,5,6)/t10-,12+;/m0./s1. The van der Waals surface area contributed by atoms with Gasteiger partial charge in [0.05, 0.1) is 12.7 Å². The molecule has 0 amide bonds. The second-order valence-corrected chi connectivity index (χ2v) is 4.29. The molecule has 0 saturated heterocycles. The maximum Gasteiger partial charge on any atom is 0.414 e. The van der Waals surface area contributed by atoms with Crippen LogP contribution in [-0.4, -0.2) is 34.3 Å². The van der Waals surface area contributed by atoms with Crippen LogP contribution in [0.15, 0.2) is 30.3 Å². The minimum Gasteiger partial charge on any atom is -0.473 e. The van der Waals surface area contributed by atoms with E-state index < -0.39 is 11.9 Å². The molecule has 21 heavy (non-hydrogen) atoms. The van der Waals surface area contributed by atoms with Gasteiger partial charge in [-0.2, -0.15) is 0 Å². The number of benzene rings is 1. The summed E-state index contributed by atoms with van der Waals surface area (Å²) >= 11 is 0. The third-order valence-corrected chi connectivity index (χ3v) is 2.76.